The summed E-state index contributed by atoms with van der Waals surface area (Å²) < 4.78 is 5.31. The highest BCUT2D eigenvalue weighted by Crippen LogP contribution is 2.16. The number of rotatable bonds is 8. The Hall–Kier alpha value is -0.610. The van der Waals surface area contributed by atoms with Gasteiger partial charge in [-0.3, -0.25) is 4.79 Å². The van der Waals surface area contributed by atoms with Gasteiger partial charge in [-0.25, -0.2) is 0 Å². The van der Waals surface area contributed by atoms with Crippen molar-refractivity contribution in [2.75, 3.05) is 26.3 Å². The Balaban J connectivity index is 2.11. The molecule has 0 spiro atoms. The van der Waals surface area contributed by atoms with E-state index in [-0.39, 0.29) is 5.91 Å². The van der Waals surface area contributed by atoms with E-state index in [0.717, 1.165) is 39.0 Å². The summed E-state index contributed by atoms with van der Waals surface area (Å²) in [6.45, 7) is 7.44. The molecule has 0 aromatic heterocycles. The van der Waals surface area contributed by atoms with Crippen LogP contribution in [0.5, 0.6) is 0 Å². The van der Waals surface area contributed by atoms with Gasteiger partial charge in [0.05, 0.1) is 0 Å². The maximum atomic E-state index is 11.8. The highest BCUT2D eigenvalue weighted by molar-refractivity contribution is 5.76. The summed E-state index contributed by atoms with van der Waals surface area (Å²) in [5.74, 6) is 1.69. The summed E-state index contributed by atoms with van der Waals surface area (Å²) in [6.07, 6.45) is 3.76. The van der Waals surface area contributed by atoms with Crippen molar-refractivity contribution in [1.29, 1.82) is 0 Å². The van der Waals surface area contributed by atoms with Crippen molar-refractivity contribution < 1.29 is 9.53 Å². The molecule has 4 heteroatoms. The smallest absolute Gasteiger partial charge is 0.220 e. The van der Waals surface area contributed by atoms with Crippen LogP contribution < -0.4 is 11.1 Å². The third-order valence-electron chi connectivity index (χ3n) is 3.51. The molecule has 1 aliphatic heterocycles. The lowest BCUT2D eigenvalue weighted by Gasteiger charge is -2.17. The molecule has 1 amide bonds. The van der Waals surface area contributed by atoms with Crippen molar-refractivity contribution in [3.05, 3.63) is 0 Å². The van der Waals surface area contributed by atoms with Crippen LogP contribution >= 0.6 is 0 Å². The summed E-state index contributed by atoms with van der Waals surface area (Å²) >= 11 is 0. The predicted molar refractivity (Wildman–Crippen MR) is 73.2 cm³/mol. The molecule has 18 heavy (non-hydrogen) atoms. The number of amides is 1. The average molecular weight is 256 g/mol. The Morgan fingerprint density at radius 1 is 1.50 bits per heavy atom. The third kappa shape index (κ3) is 6.36. The third-order valence-corrected chi connectivity index (χ3v) is 3.51. The fourth-order valence-electron chi connectivity index (χ4n) is 2.49. The van der Waals surface area contributed by atoms with Crippen molar-refractivity contribution in [1.82, 2.24) is 5.32 Å². The van der Waals surface area contributed by atoms with Gasteiger partial charge in [0.2, 0.25) is 5.91 Å². The number of nitrogens with two attached hydrogens (primary N) is 1. The Morgan fingerprint density at radius 3 is 2.83 bits per heavy atom. The minimum atomic E-state index is 0.144. The van der Waals surface area contributed by atoms with Crippen LogP contribution in [0.25, 0.3) is 0 Å². The fraction of sp³-hybridized carbons (Fsp3) is 0.929. The Labute approximate surface area is 111 Å². The van der Waals surface area contributed by atoms with E-state index in [9.17, 15) is 4.79 Å². The fourth-order valence-corrected chi connectivity index (χ4v) is 2.49. The number of hydrogen-bond donors (Lipinski definition) is 2. The van der Waals surface area contributed by atoms with Gasteiger partial charge in [0, 0.05) is 26.2 Å². The quantitative estimate of drug-likeness (QED) is 0.692. The van der Waals surface area contributed by atoms with Crippen LogP contribution in [-0.4, -0.2) is 32.2 Å². The lowest BCUT2D eigenvalue weighted by molar-refractivity contribution is -0.122. The number of ether oxygens (including phenoxy) is 1. The van der Waals surface area contributed by atoms with Gasteiger partial charge in [0.25, 0.3) is 0 Å². The number of carbonyl (C=O) groups is 1. The maximum absolute atomic E-state index is 11.8. The number of carbonyl (C=O) groups excluding carboxylic acids is 1. The SMILES string of the molecule is CC(C)C[C@H](CN)CC(=O)NCCC1CCOC1. The van der Waals surface area contributed by atoms with Crippen LogP contribution in [0.4, 0.5) is 0 Å². The molecular weight excluding hydrogens is 228 g/mol. The zero-order valence-corrected chi connectivity index (χ0v) is 11.8. The van der Waals surface area contributed by atoms with E-state index in [1.54, 1.807) is 0 Å². The predicted octanol–water partition coefficient (Wildman–Crippen LogP) is 1.54. The van der Waals surface area contributed by atoms with Gasteiger partial charge in [0.15, 0.2) is 0 Å². The maximum Gasteiger partial charge on any atom is 0.220 e. The van der Waals surface area contributed by atoms with Crippen molar-refractivity contribution in [2.24, 2.45) is 23.5 Å². The van der Waals surface area contributed by atoms with Gasteiger partial charge in [-0.1, -0.05) is 13.8 Å². The molecule has 4 nitrogen and oxygen atoms in total. The summed E-state index contributed by atoms with van der Waals surface area (Å²) in [4.78, 5) is 11.8. The molecule has 106 valence electrons. The van der Waals surface area contributed by atoms with Crippen LogP contribution in [0.1, 0.15) is 39.5 Å². The molecule has 2 atom stereocenters. The lowest BCUT2D eigenvalue weighted by Crippen LogP contribution is -2.30. The van der Waals surface area contributed by atoms with Crippen LogP contribution in [-0.2, 0) is 9.53 Å². The summed E-state index contributed by atoms with van der Waals surface area (Å²) in [5, 5.41) is 3.00. The first-order valence-corrected chi connectivity index (χ1v) is 7.16. The van der Waals surface area contributed by atoms with Gasteiger partial charge in [0.1, 0.15) is 0 Å². The lowest BCUT2D eigenvalue weighted by atomic mass is 9.94. The molecule has 1 heterocycles. The molecule has 0 aromatic rings. The molecule has 1 unspecified atom stereocenters. The Kier molecular flexibility index (Phi) is 7.28. The molecular formula is C14H28N2O2. The molecule has 0 radical (unpaired) electrons. The van der Waals surface area contributed by atoms with E-state index in [1.807, 2.05) is 0 Å². The Morgan fingerprint density at radius 2 is 2.28 bits per heavy atom. The molecule has 1 fully saturated rings. The van der Waals surface area contributed by atoms with Gasteiger partial charge in [-0.05, 0) is 43.6 Å². The molecule has 0 aliphatic carbocycles. The molecule has 0 bridgehead atoms. The standard InChI is InChI=1S/C14H28N2O2/c1-11(2)7-13(9-15)8-14(17)16-5-3-12-4-6-18-10-12/h11-13H,3-10,15H2,1-2H3,(H,16,17)/t12?,13-/m0/s1. The Bertz CT molecular complexity index is 238. The van der Waals surface area contributed by atoms with Gasteiger partial charge < -0.3 is 15.8 Å². The van der Waals surface area contributed by atoms with Crippen molar-refractivity contribution in [2.45, 2.75) is 39.5 Å². The molecule has 3 N–H and O–H groups in total. The van der Waals surface area contributed by atoms with Gasteiger partial charge in [-0.15, -0.1) is 0 Å². The van der Waals surface area contributed by atoms with Gasteiger partial charge >= 0.3 is 0 Å². The second-order valence-electron chi connectivity index (χ2n) is 5.80. The zero-order chi connectivity index (χ0) is 13.4. The van der Waals surface area contributed by atoms with Crippen LogP contribution in [0.15, 0.2) is 0 Å². The van der Waals surface area contributed by atoms with E-state index in [1.165, 1.54) is 0 Å². The van der Waals surface area contributed by atoms with E-state index < -0.39 is 0 Å². The van der Waals surface area contributed by atoms with Crippen LogP contribution in [0.3, 0.4) is 0 Å². The summed E-state index contributed by atoms with van der Waals surface area (Å²) in [5.41, 5.74) is 5.70. The van der Waals surface area contributed by atoms with E-state index >= 15 is 0 Å². The molecule has 1 saturated heterocycles. The highest BCUT2D eigenvalue weighted by atomic mass is 16.5. The summed E-state index contributed by atoms with van der Waals surface area (Å²) in [7, 11) is 0. The first kappa shape index (κ1) is 15.4. The van der Waals surface area contributed by atoms with E-state index in [0.29, 0.717) is 30.7 Å². The molecule has 1 aliphatic rings. The molecule has 1 rings (SSSR count). The van der Waals surface area contributed by atoms with Crippen LogP contribution in [0.2, 0.25) is 0 Å². The van der Waals surface area contributed by atoms with Gasteiger partial charge in [-0.2, -0.15) is 0 Å². The average Bonchev–Trinajstić information content (AvgIpc) is 2.80. The van der Waals surface area contributed by atoms with E-state index in [2.05, 4.69) is 19.2 Å². The minimum Gasteiger partial charge on any atom is -0.381 e. The second kappa shape index (κ2) is 8.48. The van der Waals surface area contributed by atoms with Crippen molar-refractivity contribution in [3.8, 4) is 0 Å². The van der Waals surface area contributed by atoms with Crippen LogP contribution in [0, 0.1) is 17.8 Å². The molecule has 0 aromatic carbocycles. The second-order valence-corrected chi connectivity index (χ2v) is 5.80. The first-order valence-electron chi connectivity index (χ1n) is 7.16. The first-order chi connectivity index (χ1) is 8.61. The largest absolute Gasteiger partial charge is 0.381 e. The minimum absolute atomic E-state index is 0.144. The van der Waals surface area contributed by atoms with Crippen molar-refractivity contribution in [3.63, 3.8) is 0 Å². The molecule has 0 saturated carbocycles. The van der Waals surface area contributed by atoms with Crippen molar-refractivity contribution >= 4 is 5.91 Å². The summed E-state index contributed by atoms with van der Waals surface area (Å²) in [6, 6.07) is 0. The monoisotopic (exact) mass is 256 g/mol. The van der Waals surface area contributed by atoms with E-state index in [4.69, 9.17) is 10.5 Å². The number of hydrogen-bond acceptors (Lipinski definition) is 3. The highest BCUT2D eigenvalue weighted by Gasteiger charge is 2.17. The normalized spacial score (nSPS) is 21.2. The number of nitrogens with one attached hydrogen (secondary N) is 1. The topological polar surface area (TPSA) is 64.4 Å². The zero-order valence-electron chi connectivity index (χ0n) is 11.8.